The Hall–Kier alpha value is -0.770. The van der Waals surface area contributed by atoms with E-state index < -0.39 is 0 Å². The summed E-state index contributed by atoms with van der Waals surface area (Å²) < 4.78 is 5.33. The molecule has 0 fully saturated rings. The summed E-state index contributed by atoms with van der Waals surface area (Å²) in [4.78, 5) is 13.2. The van der Waals surface area contributed by atoms with Crippen molar-refractivity contribution in [3.63, 3.8) is 0 Å². The SMILES string of the molecule is COc1c[nH]c(=O)c(Br)c1. The molecule has 0 unspecified atom stereocenters. The fraction of sp³-hybridized carbons (Fsp3) is 0.167. The number of hydrogen-bond donors (Lipinski definition) is 1. The maximum Gasteiger partial charge on any atom is 0.262 e. The van der Waals surface area contributed by atoms with E-state index in [2.05, 4.69) is 20.9 Å². The molecule has 4 heteroatoms. The molecule has 10 heavy (non-hydrogen) atoms. The van der Waals surface area contributed by atoms with Crippen LogP contribution in [0.25, 0.3) is 0 Å². The minimum absolute atomic E-state index is 0.152. The van der Waals surface area contributed by atoms with Crippen LogP contribution in [0.15, 0.2) is 21.5 Å². The molecule has 1 aromatic heterocycles. The highest BCUT2D eigenvalue weighted by Crippen LogP contribution is 2.10. The zero-order chi connectivity index (χ0) is 7.56. The first kappa shape index (κ1) is 7.34. The molecule has 0 aromatic carbocycles. The lowest BCUT2D eigenvalue weighted by Gasteiger charge is -1.96. The number of methoxy groups -OCH3 is 1. The Morgan fingerprint density at radius 2 is 2.40 bits per heavy atom. The van der Waals surface area contributed by atoms with Crippen LogP contribution in [0.4, 0.5) is 0 Å². The third-order valence-electron chi connectivity index (χ3n) is 1.07. The zero-order valence-electron chi connectivity index (χ0n) is 5.35. The smallest absolute Gasteiger partial charge is 0.262 e. The van der Waals surface area contributed by atoms with E-state index in [0.29, 0.717) is 10.2 Å². The monoisotopic (exact) mass is 203 g/mol. The van der Waals surface area contributed by atoms with E-state index in [0.717, 1.165) is 0 Å². The maximum absolute atomic E-state index is 10.7. The topological polar surface area (TPSA) is 42.1 Å². The summed E-state index contributed by atoms with van der Waals surface area (Å²) in [7, 11) is 1.54. The number of ether oxygens (including phenoxy) is 1. The summed E-state index contributed by atoms with van der Waals surface area (Å²) in [6.45, 7) is 0. The van der Waals surface area contributed by atoms with Gasteiger partial charge in [0.15, 0.2) is 0 Å². The van der Waals surface area contributed by atoms with Crippen LogP contribution >= 0.6 is 15.9 Å². The van der Waals surface area contributed by atoms with Crippen molar-refractivity contribution in [2.75, 3.05) is 7.11 Å². The molecule has 1 N–H and O–H groups in total. The Labute approximate surface area is 66.2 Å². The molecule has 54 valence electrons. The highest BCUT2D eigenvalue weighted by atomic mass is 79.9. The lowest BCUT2D eigenvalue weighted by molar-refractivity contribution is 0.412. The third kappa shape index (κ3) is 1.39. The van der Waals surface area contributed by atoms with Crippen molar-refractivity contribution in [3.05, 3.63) is 27.1 Å². The van der Waals surface area contributed by atoms with Crippen molar-refractivity contribution in [2.45, 2.75) is 0 Å². The van der Waals surface area contributed by atoms with Gasteiger partial charge in [0.25, 0.3) is 5.56 Å². The number of hydrogen-bond acceptors (Lipinski definition) is 2. The van der Waals surface area contributed by atoms with Crippen LogP contribution in [0.3, 0.4) is 0 Å². The molecule has 3 nitrogen and oxygen atoms in total. The van der Waals surface area contributed by atoms with Crippen molar-refractivity contribution in [3.8, 4) is 5.75 Å². The van der Waals surface area contributed by atoms with Crippen LogP contribution < -0.4 is 10.3 Å². The zero-order valence-corrected chi connectivity index (χ0v) is 6.94. The van der Waals surface area contributed by atoms with Crippen molar-refractivity contribution >= 4 is 15.9 Å². The molecule has 0 aliphatic heterocycles. The molecular formula is C6H6BrNO2. The number of halogens is 1. The van der Waals surface area contributed by atoms with E-state index in [9.17, 15) is 4.79 Å². The van der Waals surface area contributed by atoms with Gasteiger partial charge >= 0.3 is 0 Å². The first-order valence-corrected chi connectivity index (χ1v) is 3.45. The summed E-state index contributed by atoms with van der Waals surface area (Å²) in [6.07, 6.45) is 1.51. The van der Waals surface area contributed by atoms with Gasteiger partial charge in [0.05, 0.1) is 11.6 Å². The Morgan fingerprint density at radius 3 is 2.90 bits per heavy atom. The standard InChI is InChI=1S/C6H6BrNO2/c1-10-4-2-5(7)6(9)8-3-4/h2-3H,1H3,(H,8,9). The van der Waals surface area contributed by atoms with Gasteiger partial charge in [-0.15, -0.1) is 0 Å². The minimum atomic E-state index is -0.152. The molecular weight excluding hydrogens is 198 g/mol. The summed E-state index contributed by atoms with van der Waals surface area (Å²) in [5, 5.41) is 0. The van der Waals surface area contributed by atoms with E-state index in [1.807, 2.05) is 0 Å². The Bertz CT molecular complexity index is 281. The van der Waals surface area contributed by atoms with Gasteiger partial charge in [0.1, 0.15) is 5.75 Å². The largest absolute Gasteiger partial charge is 0.495 e. The van der Waals surface area contributed by atoms with E-state index in [1.54, 1.807) is 13.2 Å². The van der Waals surface area contributed by atoms with E-state index in [4.69, 9.17) is 4.74 Å². The van der Waals surface area contributed by atoms with Gasteiger partial charge in [-0.2, -0.15) is 0 Å². The summed E-state index contributed by atoms with van der Waals surface area (Å²) >= 11 is 3.06. The molecule has 1 aromatic rings. The summed E-state index contributed by atoms with van der Waals surface area (Å²) in [5.74, 6) is 0.631. The lowest BCUT2D eigenvalue weighted by atomic mass is 10.5. The second-order valence-electron chi connectivity index (χ2n) is 1.72. The third-order valence-corrected chi connectivity index (χ3v) is 1.66. The van der Waals surface area contributed by atoms with Crippen molar-refractivity contribution < 1.29 is 4.74 Å². The van der Waals surface area contributed by atoms with E-state index in [-0.39, 0.29) is 5.56 Å². The molecule has 0 radical (unpaired) electrons. The molecule has 0 aliphatic rings. The Morgan fingerprint density at radius 1 is 1.70 bits per heavy atom. The predicted octanol–water partition coefficient (Wildman–Crippen LogP) is 1.15. The van der Waals surface area contributed by atoms with E-state index in [1.165, 1.54) is 6.20 Å². The molecule has 0 bridgehead atoms. The first-order chi connectivity index (χ1) is 4.74. The van der Waals surface area contributed by atoms with Crippen LogP contribution in [-0.2, 0) is 0 Å². The molecule has 0 saturated heterocycles. The summed E-state index contributed by atoms with van der Waals surface area (Å²) in [5.41, 5.74) is -0.152. The number of rotatable bonds is 1. The number of aromatic nitrogens is 1. The fourth-order valence-electron chi connectivity index (χ4n) is 0.556. The molecule has 1 rings (SSSR count). The highest BCUT2D eigenvalue weighted by Gasteiger charge is 1.95. The number of H-pyrrole nitrogens is 1. The van der Waals surface area contributed by atoms with Crippen molar-refractivity contribution in [1.29, 1.82) is 0 Å². The van der Waals surface area contributed by atoms with Gasteiger partial charge in [-0.05, 0) is 15.9 Å². The van der Waals surface area contributed by atoms with Gasteiger partial charge in [-0.1, -0.05) is 0 Å². The van der Waals surface area contributed by atoms with Gasteiger partial charge in [0, 0.05) is 12.3 Å². The van der Waals surface area contributed by atoms with Gasteiger partial charge in [-0.3, -0.25) is 4.79 Å². The number of nitrogens with one attached hydrogen (secondary N) is 1. The second-order valence-corrected chi connectivity index (χ2v) is 2.57. The molecule has 0 saturated carbocycles. The Balaban J connectivity index is 3.17. The van der Waals surface area contributed by atoms with Crippen molar-refractivity contribution in [2.24, 2.45) is 0 Å². The van der Waals surface area contributed by atoms with Gasteiger partial charge in [-0.25, -0.2) is 0 Å². The first-order valence-electron chi connectivity index (χ1n) is 2.66. The summed E-state index contributed by atoms with van der Waals surface area (Å²) in [6, 6.07) is 1.61. The molecule has 0 amide bonds. The van der Waals surface area contributed by atoms with Crippen LogP contribution in [-0.4, -0.2) is 12.1 Å². The molecule has 0 spiro atoms. The molecule has 0 aliphatic carbocycles. The molecule has 0 atom stereocenters. The molecule has 1 heterocycles. The van der Waals surface area contributed by atoms with Crippen LogP contribution in [0.1, 0.15) is 0 Å². The average molecular weight is 204 g/mol. The van der Waals surface area contributed by atoms with Crippen LogP contribution in [0, 0.1) is 0 Å². The van der Waals surface area contributed by atoms with Gasteiger partial charge in [0.2, 0.25) is 0 Å². The van der Waals surface area contributed by atoms with E-state index >= 15 is 0 Å². The minimum Gasteiger partial charge on any atom is -0.495 e. The van der Waals surface area contributed by atoms with Crippen molar-refractivity contribution in [1.82, 2.24) is 4.98 Å². The number of pyridine rings is 1. The van der Waals surface area contributed by atoms with Crippen LogP contribution in [0.5, 0.6) is 5.75 Å². The normalized spacial score (nSPS) is 9.40. The van der Waals surface area contributed by atoms with Crippen LogP contribution in [0.2, 0.25) is 0 Å². The predicted molar refractivity (Wildman–Crippen MR) is 41.3 cm³/mol. The van der Waals surface area contributed by atoms with Gasteiger partial charge < -0.3 is 9.72 Å². The fourth-order valence-corrected chi connectivity index (χ4v) is 0.896. The maximum atomic E-state index is 10.7. The average Bonchev–Trinajstić information content (AvgIpc) is 1.95. The lowest BCUT2D eigenvalue weighted by Crippen LogP contribution is -2.04. The number of aromatic amines is 1. The highest BCUT2D eigenvalue weighted by molar-refractivity contribution is 9.10. The second kappa shape index (κ2) is 2.88. The quantitative estimate of drug-likeness (QED) is 0.745. The Kier molecular flexibility index (Phi) is 2.11.